The highest BCUT2D eigenvalue weighted by Gasteiger charge is 2.64. The molecule has 5 heteroatoms. The Kier molecular flexibility index (Phi) is 3.74. The van der Waals surface area contributed by atoms with Crippen molar-refractivity contribution < 1.29 is 13.2 Å². The zero-order valence-corrected chi connectivity index (χ0v) is 12.8. The summed E-state index contributed by atoms with van der Waals surface area (Å²) in [5.74, 6) is 0. The lowest BCUT2D eigenvalue weighted by atomic mass is 9.94. The summed E-state index contributed by atoms with van der Waals surface area (Å²) in [5.41, 5.74) is 6.60. The average molecular weight is 320 g/mol. The van der Waals surface area contributed by atoms with Gasteiger partial charge in [-0.25, -0.2) is 0 Å². The van der Waals surface area contributed by atoms with Gasteiger partial charge in [-0.2, -0.15) is 13.2 Å². The fourth-order valence-electron chi connectivity index (χ4n) is 2.90. The second-order valence-electron chi connectivity index (χ2n) is 6.16. The van der Waals surface area contributed by atoms with E-state index in [1.54, 1.807) is 12.1 Å². The number of benzene rings is 2. The van der Waals surface area contributed by atoms with Crippen molar-refractivity contribution in [3.63, 3.8) is 0 Å². The minimum Gasteiger partial charge on any atom is -0.397 e. The first kappa shape index (κ1) is 15.7. The number of rotatable bonds is 4. The van der Waals surface area contributed by atoms with E-state index in [2.05, 4.69) is 5.32 Å². The number of halogens is 3. The molecule has 1 fully saturated rings. The molecule has 2 aromatic rings. The summed E-state index contributed by atoms with van der Waals surface area (Å²) in [6.07, 6.45) is -3.92. The SMILES string of the molecule is CC(Nc1cc(C2(C(F)(F)F)CC2)ccc1N)c1ccccc1. The van der Waals surface area contributed by atoms with E-state index in [0.29, 0.717) is 16.9 Å². The number of anilines is 2. The van der Waals surface area contributed by atoms with E-state index in [4.69, 9.17) is 5.73 Å². The standard InChI is InChI=1S/C18H19F3N2/c1-12(13-5-3-2-4-6-13)23-16-11-14(7-8-15(16)22)17(9-10-17)18(19,20)21/h2-8,11-12,23H,9-10,22H2,1H3. The van der Waals surface area contributed by atoms with Crippen LogP contribution in [0.5, 0.6) is 0 Å². The van der Waals surface area contributed by atoms with Gasteiger partial charge in [-0.15, -0.1) is 0 Å². The fraction of sp³-hybridized carbons (Fsp3) is 0.333. The molecule has 1 unspecified atom stereocenters. The molecule has 122 valence electrons. The van der Waals surface area contributed by atoms with Gasteiger partial charge in [0.05, 0.1) is 16.8 Å². The van der Waals surface area contributed by atoms with Crippen LogP contribution in [-0.4, -0.2) is 6.18 Å². The topological polar surface area (TPSA) is 38.0 Å². The molecule has 1 aliphatic carbocycles. The van der Waals surface area contributed by atoms with Crippen LogP contribution in [0, 0.1) is 0 Å². The second-order valence-corrected chi connectivity index (χ2v) is 6.16. The van der Waals surface area contributed by atoms with Gasteiger partial charge in [-0.1, -0.05) is 36.4 Å². The van der Waals surface area contributed by atoms with Gasteiger partial charge in [0.25, 0.3) is 0 Å². The molecule has 0 aromatic heterocycles. The Morgan fingerprint density at radius 1 is 1.09 bits per heavy atom. The van der Waals surface area contributed by atoms with Crippen molar-refractivity contribution in [2.75, 3.05) is 11.1 Å². The van der Waals surface area contributed by atoms with E-state index >= 15 is 0 Å². The smallest absolute Gasteiger partial charge is 0.397 e. The van der Waals surface area contributed by atoms with Crippen molar-refractivity contribution in [3.05, 3.63) is 59.7 Å². The summed E-state index contributed by atoms with van der Waals surface area (Å²) in [7, 11) is 0. The van der Waals surface area contributed by atoms with Crippen LogP contribution in [0.1, 0.15) is 36.9 Å². The molecular weight excluding hydrogens is 301 g/mol. The van der Waals surface area contributed by atoms with E-state index in [1.807, 2.05) is 37.3 Å². The monoisotopic (exact) mass is 320 g/mol. The Morgan fingerprint density at radius 3 is 2.30 bits per heavy atom. The fourth-order valence-corrected chi connectivity index (χ4v) is 2.90. The van der Waals surface area contributed by atoms with Gasteiger partial charge in [-0.3, -0.25) is 0 Å². The number of nitrogen functional groups attached to an aromatic ring is 1. The van der Waals surface area contributed by atoms with E-state index < -0.39 is 11.6 Å². The Balaban J connectivity index is 1.88. The Hall–Kier alpha value is -2.17. The van der Waals surface area contributed by atoms with Gasteiger partial charge >= 0.3 is 6.18 Å². The summed E-state index contributed by atoms with van der Waals surface area (Å²) in [6.45, 7) is 1.96. The summed E-state index contributed by atoms with van der Waals surface area (Å²) < 4.78 is 39.9. The van der Waals surface area contributed by atoms with Gasteiger partial charge in [0.2, 0.25) is 0 Å². The van der Waals surface area contributed by atoms with Crippen LogP contribution in [0.15, 0.2) is 48.5 Å². The van der Waals surface area contributed by atoms with Crippen LogP contribution in [0.3, 0.4) is 0 Å². The first-order chi connectivity index (χ1) is 10.8. The number of hydrogen-bond donors (Lipinski definition) is 2. The van der Waals surface area contributed by atoms with Gasteiger partial charge in [0.15, 0.2) is 0 Å². The quantitative estimate of drug-likeness (QED) is 0.775. The highest BCUT2D eigenvalue weighted by molar-refractivity contribution is 5.68. The first-order valence-corrected chi connectivity index (χ1v) is 7.62. The molecule has 3 rings (SSSR count). The third kappa shape index (κ3) is 2.87. The number of nitrogens with two attached hydrogens (primary N) is 1. The molecule has 0 aliphatic heterocycles. The van der Waals surface area contributed by atoms with Crippen LogP contribution < -0.4 is 11.1 Å². The maximum atomic E-state index is 13.3. The first-order valence-electron chi connectivity index (χ1n) is 7.62. The lowest BCUT2D eigenvalue weighted by Crippen LogP contribution is -2.28. The van der Waals surface area contributed by atoms with Crippen LogP contribution in [0.4, 0.5) is 24.5 Å². The van der Waals surface area contributed by atoms with Gasteiger partial charge < -0.3 is 11.1 Å². The number of hydrogen-bond acceptors (Lipinski definition) is 2. The summed E-state index contributed by atoms with van der Waals surface area (Å²) >= 11 is 0. The molecule has 1 saturated carbocycles. The molecule has 0 saturated heterocycles. The van der Waals surface area contributed by atoms with Crippen molar-refractivity contribution >= 4 is 11.4 Å². The van der Waals surface area contributed by atoms with Gasteiger partial charge in [-0.05, 0) is 43.0 Å². The molecule has 0 radical (unpaired) electrons. The molecular formula is C18H19F3N2. The lowest BCUT2D eigenvalue weighted by molar-refractivity contribution is -0.160. The predicted molar refractivity (Wildman–Crippen MR) is 86.3 cm³/mol. The molecule has 0 spiro atoms. The molecule has 23 heavy (non-hydrogen) atoms. The summed E-state index contributed by atoms with van der Waals surface area (Å²) in [6, 6.07) is 14.3. The van der Waals surface area contributed by atoms with Crippen molar-refractivity contribution in [1.82, 2.24) is 0 Å². The van der Waals surface area contributed by atoms with Crippen LogP contribution in [0.2, 0.25) is 0 Å². The Bertz CT molecular complexity index is 691. The number of nitrogens with one attached hydrogen (secondary N) is 1. The minimum absolute atomic E-state index is 0.0465. The van der Waals surface area contributed by atoms with Crippen LogP contribution in [0.25, 0.3) is 0 Å². The molecule has 3 N–H and O–H groups in total. The highest BCUT2D eigenvalue weighted by atomic mass is 19.4. The van der Waals surface area contributed by atoms with Crippen molar-refractivity contribution in [2.45, 2.75) is 37.4 Å². The Morgan fingerprint density at radius 2 is 1.74 bits per heavy atom. The molecule has 1 aliphatic rings. The zero-order chi connectivity index (χ0) is 16.7. The van der Waals surface area contributed by atoms with Crippen LogP contribution >= 0.6 is 0 Å². The van der Waals surface area contributed by atoms with E-state index in [-0.39, 0.29) is 18.9 Å². The van der Waals surface area contributed by atoms with Crippen molar-refractivity contribution in [1.29, 1.82) is 0 Å². The van der Waals surface area contributed by atoms with Gasteiger partial charge in [0.1, 0.15) is 0 Å². The van der Waals surface area contributed by atoms with Crippen molar-refractivity contribution in [2.24, 2.45) is 0 Å². The normalized spacial score (nSPS) is 17.6. The molecule has 0 bridgehead atoms. The number of alkyl halides is 3. The van der Waals surface area contributed by atoms with Crippen molar-refractivity contribution in [3.8, 4) is 0 Å². The third-order valence-electron chi connectivity index (χ3n) is 4.57. The molecule has 2 nitrogen and oxygen atoms in total. The average Bonchev–Trinajstić information content (AvgIpc) is 3.32. The maximum absolute atomic E-state index is 13.3. The summed E-state index contributed by atoms with van der Waals surface area (Å²) in [4.78, 5) is 0. The molecule has 0 amide bonds. The van der Waals surface area contributed by atoms with E-state index in [0.717, 1.165) is 5.56 Å². The van der Waals surface area contributed by atoms with Gasteiger partial charge in [0, 0.05) is 6.04 Å². The van der Waals surface area contributed by atoms with Crippen LogP contribution in [-0.2, 0) is 5.41 Å². The molecule has 0 heterocycles. The molecule has 2 aromatic carbocycles. The van der Waals surface area contributed by atoms with E-state index in [1.165, 1.54) is 6.07 Å². The predicted octanol–water partition coefficient (Wildman–Crippen LogP) is 5.04. The largest absolute Gasteiger partial charge is 0.398 e. The minimum atomic E-state index is -4.22. The highest BCUT2D eigenvalue weighted by Crippen LogP contribution is 2.59. The maximum Gasteiger partial charge on any atom is 0.398 e. The second kappa shape index (κ2) is 5.48. The Labute approximate surface area is 133 Å². The van der Waals surface area contributed by atoms with E-state index in [9.17, 15) is 13.2 Å². The lowest BCUT2D eigenvalue weighted by Gasteiger charge is -2.23. The molecule has 1 atom stereocenters. The third-order valence-corrected chi connectivity index (χ3v) is 4.57. The zero-order valence-electron chi connectivity index (χ0n) is 12.8. The summed E-state index contributed by atoms with van der Waals surface area (Å²) in [5, 5.41) is 3.23.